The van der Waals surface area contributed by atoms with Crippen LogP contribution < -0.4 is 5.32 Å². The molecular formula is C15H31NO2. The second-order valence-corrected chi connectivity index (χ2v) is 6.41. The van der Waals surface area contributed by atoms with Gasteiger partial charge in [-0.2, -0.15) is 0 Å². The van der Waals surface area contributed by atoms with Crippen LogP contribution in [0, 0.1) is 5.92 Å². The molecule has 3 nitrogen and oxygen atoms in total. The Morgan fingerprint density at radius 2 is 1.94 bits per heavy atom. The van der Waals surface area contributed by atoms with E-state index in [1.807, 2.05) is 0 Å². The zero-order valence-corrected chi connectivity index (χ0v) is 12.4. The molecule has 2 N–H and O–H groups in total. The molecule has 1 fully saturated rings. The topological polar surface area (TPSA) is 41.5 Å². The van der Waals surface area contributed by atoms with Crippen LogP contribution in [0.2, 0.25) is 0 Å². The van der Waals surface area contributed by atoms with Gasteiger partial charge in [-0.25, -0.2) is 0 Å². The van der Waals surface area contributed by atoms with Crippen LogP contribution >= 0.6 is 0 Å². The highest BCUT2D eigenvalue weighted by molar-refractivity contribution is 4.88. The van der Waals surface area contributed by atoms with Gasteiger partial charge in [-0.3, -0.25) is 0 Å². The van der Waals surface area contributed by atoms with Crippen molar-refractivity contribution < 1.29 is 9.84 Å². The molecule has 1 atom stereocenters. The molecule has 1 unspecified atom stereocenters. The van der Waals surface area contributed by atoms with Crippen LogP contribution in [0.5, 0.6) is 0 Å². The molecule has 0 heterocycles. The van der Waals surface area contributed by atoms with E-state index in [9.17, 15) is 5.11 Å². The van der Waals surface area contributed by atoms with E-state index in [0.29, 0.717) is 13.2 Å². The Hall–Kier alpha value is -0.120. The Kier molecular flexibility index (Phi) is 7.20. The maximum Gasteiger partial charge on any atom is 0.0897 e. The number of aliphatic hydroxyl groups is 1. The number of ether oxygens (including phenoxy) is 1. The zero-order chi connectivity index (χ0) is 13.4. The molecule has 0 saturated heterocycles. The Bertz CT molecular complexity index is 213. The highest BCUT2D eigenvalue weighted by Gasteiger charge is 2.28. The molecule has 1 aliphatic carbocycles. The molecule has 1 saturated carbocycles. The molecule has 3 heteroatoms. The lowest BCUT2D eigenvalue weighted by Gasteiger charge is -2.27. The molecule has 0 aliphatic heterocycles. The minimum atomic E-state index is -0.374. The van der Waals surface area contributed by atoms with Crippen LogP contribution in [-0.2, 0) is 4.74 Å². The van der Waals surface area contributed by atoms with Gasteiger partial charge >= 0.3 is 0 Å². The predicted molar refractivity (Wildman–Crippen MR) is 75.8 cm³/mol. The van der Waals surface area contributed by atoms with E-state index >= 15 is 0 Å². The first-order valence-electron chi connectivity index (χ1n) is 7.53. The third kappa shape index (κ3) is 6.72. The smallest absolute Gasteiger partial charge is 0.0897 e. The lowest BCUT2D eigenvalue weighted by atomic mass is 10.0. The van der Waals surface area contributed by atoms with Gasteiger partial charge in [-0.05, 0) is 38.5 Å². The predicted octanol–water partition coefficient (Wildman–Crippen LogP) is 2.72. The van der Waals surface area contributed by atoms with Crippen molar-refractivity contribution in [1.82, 2.24) is 5.32 Å². The van der Waals surface area contributed by atoms with Gasteiger partial charge < -0.3 is 15.2 Å². The summed E-state index contributed by atoms with van der Waals surface area (Å²) in [6.07, 6.45) is 7.00. The molecule has 0 aromatic carbocycles. The van der Waals surface area contributed by atoms with Gasteiger partial charge in [0.25, 0.3) is 0 Å². The monoisotopic (exact) mass is 257 g/mol. The lowest BCUT2D eigenvalue weighted by Crippen LogP contribution is -2.44. The van der Waals surface area contributed by atoms with E-state index in [4.69, 9.17) is 4.74 Å². The molecule has 1 rings (SSSR count). The van der Waals surface area contributed by atoms with E-state index in [0.717, 1.165) is 18.9 Å². The van der Waals surface area contributed by atoms with Crippen molar-refractivity contribution in [2.75, 3.05) is 19.8 Å². The van der Waals surface area contributed by atoms with Gasteiger partial charge in [-0.15, -0.1) is 0 Å². The van der Waals surface area contributed by atoms with E-state index in [1.165, 1.54) is 32.1 Å². The standard InChI is InChI=1S/C15H31NO2/c1-13(2)7-6-10-18-12-14(17)11-16-15(3)8-4-5-9-15/h13-14,16-17H,4-12H2,1-3H3. The van der Waals surface area contributed by atoms with Gasteiger partial charge in [0, 0.05) is 18.7 Å². The van der Waals surface area contributed by atoms with Gasteiger partial charge in [0.1, 0.15) is 0 Å². The molecular weight excluding hydrogens is 226 g/mol. The molecule has 0 aromatic heterocycles. The minimum absolute atomic E-state index is 0.249. The van der Waals surface area contributed by atoms with Crippen molar-refractivity contribution in [3.63, 3.8) is 0 Å². The number of rotatable bonds is 9. The molecule has 108 valence electrons. The van der Waals surface area contributed by atoms with Crippen LogP contribution in [0.3, 0.4) is 0 Å². The first kappa shape index (κ1) is 15.9. The van der Waals surface area contributed by atoms with E-state index < -0.39 is 0 Å². The third-order valence-corrected chi connectivity index (χ3v) is 3.85. The third-order valence-electron chi connectivity index (χ3n) is 3.85. The maximum absolute atomic E-state index is 9.84. The molecule has 1 aliphatic rings. The normalized spacial score (nSPS) is 20.5. The van der Waals surface area contributed by atoms with Gasteiger partial charge in [0.05, 0.1) is 12.7 Å². The summed E-state index contributed by atoms with van der Waals surface area (Å²) in [6, 6.07) is 0. The molecule has 0 amide bonds. The van der Waals surface area contributed by atoms with Crippen LogP contribution in [0.4, 0.5) is 0 Å². The average Bonchev–Trinajstić information content (AvgIpc) is 2.73. The average molecular weight is 257 g/mol. The quantitative estimate of drug-likeness (QED) is 0.624. The second kappa shape index (κ2) is 8.13. The summed E-state index contributed by atoms with van der Waals surface area (Å²) in [4.78, 5) is 0. The van der Waals surface area contributed by atoms with E-state index in [1.54, 1.807) is 0 Å². The fourth-order valence-corrected chi connectivity index (χ4v) is 2.57. The lowest BCUT2D eigenvalue weighted by molar-refractivity contribution is 0.0311. The Balaban J connectivity index is 1.98. The van der Waals surface area contributed by atoms with Crippen molar-refractivity contribution in [3.8, 4) is 0 Å². The van der Waals surface area contributed by atoms with Crippen LogP contribution in [-0.4, -0.2) is 36.5 Å². The number of hydrogen-bond acceptors (Lipinski definition) is 3. The summed E-state index contributed by atoms with van der Waals surface area (Å²) in [5.41, 5.74) is 0.249. The Labute approximate surface area is 112 Å². The summed E-state index contributed by atoms with van der Waals surface area (Å²) >= 11 is 0. The first-order chi connectivity index (χ1) is 8.52. The van der Waals surface area contributed by atoms with Crippen molar-refractivity contribution >= 4 is 0 Å². The molecule has 18 heavy (non-hydrogen) atoms. The summed E-state index contributed by atoms with van der Waals surface area (Å²) in [7, 11) is 0. The number of hydrogen-bond donors (Lipinski definition) is 2. The SMILES string of the molecule is CC(C)CCCOCC(O)CNC1(C)CCCC1. The van der Waals surface area contributed by atoms with Crippen LogP contribution in [0.15, 0.2) is 0 Å². The molecule has 0 bridgehead atoms. The van der Waals surface area contributed by atoms with E-state index in [2.05, 4.69) is 26.1 Å². The summed E-state index contributed by atoms with van der Waals surface area (Å²) < 4.78 is 5.50. The number of aliphatic hydroxyl groups excluding tert-OH is 1. The van der Waals surface area contributed by atoms with Crippen molar-refractivity contribution in [2.45, 2.75) is 70.9 Å². The highest BCUT2D eigenvalue weighted by atomic mass is 16.5. The minimum Gasteiger partial charge on any atom is -0.389 e. The van der Waals surface area contributed by atoms with Gasteiger partial charge in [0.2, 0.25) is 0 Å². The summed E-state index contributed by atoms with van der Waals surface area (Å²) in [5, 5.41) is 13.3. The number of nitrogens with one attached hydrogen (secondary N) is 1. The van der Waals surface area contributed by atoms with Crippen molar-refractivity contribution in [2.24, 2.45) is 5.92 Å². The summed E-state index contributed by atoms with van der Waals surface area (Å²) in [5.74, 6) is 0.738. The van der Waals surface area contributed by atoms with Crippen LogP contribution in [0.1, 0.15) is 59.3 Å². The fourth-order valence-electron chi connectivity index (χ4n) is 2.57. The largest absolute Gasteiger partial charge is 0.389 e. The van der Waals surface area contributed by atoms with E-state index in [-0.39, 0.29) is 11.6 Å². The van der Waals surface area contributed by atoms with Crippen LogP contribution in [0.25, 0.3) is 0 Å². The maximum atomic E-state index is 9.84. The van der Waals surface area contributed by atoms with Gasteiger partial charge in [-0.1, -0.05) is 26.7 Å². The summed E-state index contributed by atoms with van der Waals surface area (Å²) in [6.45, 7) is 8.59. The molecule has 0 spiro atoms. The Morgan fingerprint density at radius 3 is 2.56 bits per heavy atom. The molecule has 0 aromatic rings. The molecule has 0 radical (unpaired) electrons. The Morgan fingerprint density at radius 1 is 1.28 bits per heavy atom. The zero-order valence-electron chi connectivity index (χ0n) is 12.4. The highest BCUT2D eigenvalue weighted by Crippen LogP contribution is 2.28. The van der Waals surface area contributed by atoms with Gasteiger partial charge in [0.15, 0.2) is 0 Å². The first-order valence-corrected chi connectivity index (χ1v) is 7.53. The second-order valence-electron chi connectivity index (χ2n) is 6.41. The van der Waals surface area contributed by atoms with Crippen molar-refractivity contribution in [3.05, 3.63) is 0 Å². The van der Waals surface area contributed by atoms with Crippen molar-refractivity contribution in [1.29, 1.82) is 0 Å². The fraction of sp³-hybridized carbons (Fsp3) is 1.00. The number of β-amino-alcohol motifs (C(OH)–C–C–N with tert-alkyl or cyclic N) is 1.